The van der Waals surface area contributed by atoms with Gasteiger partial charge in [-0.2, -0.15) is 0 Å². The van der Waals surface area contributed by atoms with Gasteiger partial charge in [-0.3, -0.25) is 4.90 Å². The highest BCUT2D eigenvalue weighted by molar-refractivity contribution is 9.10. The van der Waals surface area contributed by atoms with E-state index in [2.05, 4.69) is 33.0 Å². The first kappa shape index (κ1) is 18.3. The van der Waals surface area contributed by atoms with Crippen LogP contribution < -0.4 is 0 Å². The van der Waals surface area contributed by atoms with E-state index in [9.17, 15) is 5.11 Å². The zero-order valence-corrected chi connectivity index (χ0v) is 15.8. The van der Waals surface area contributed by atoms with Crippen molar-refractivity contribution in [2.24, 2.45) is 0 Å². The Hall–Kier alpha value is -0.460. The molecule has 134 valence electrons. The molecule has 1 saturated heterocycles. The molecule has 4 nitrogen and oxygen atoms in total. The summed E-state index contributed by atoms with van der Waals surface area (Å²) in [6.45, 7) is 3.50. The third-order valence-corrected chi connectivity index (χ3v) is 5.47. The molecule has 1 heterocycles. The average molecular weight is 398 g/mol. The standard InChI is InChI=1S/C19H28BrNO3/c20-16-8-6-15(7-9-16)19-13-21(10-11-23-19)12-17(22)14-24-18-4-2-1-3-5-18/h6-9,17-19,22H,1-5,10-14H2. The monoisotopic (exact) mass is 397 g/mol. The summed E-state index contributed by atoms with van der Waals surface area (Å²) in [5.74, 6) is 0. The van der Waals surface area contributed by atoms with Crippen LogP contribution in [0.4, 0.5) is 0 Å². The summed E-state index contributed by atoms with van der Waals surface area (Å²) in [5.41, 5.74) is 1.19. The Morgan fingerprint density at radius 1 is 1.21 bits per heavy atom. The second-order valence-corrected chi connectivity index (χ2v) is 7.83. The Kier molecular flexibility index (Phi) is 7.10. The minimum atomic E-state index is -0.421. The topological polar surface area (TPSA) is 41.9 Å². The molecule has 3 rings (SSSR count). The maximum absolute atomic E-state index is 10.3. The number of hydrogen-bond donors (Lipinski definition) is 1. The Labute approximate surface area is 153 Å². The molecule has 0 radical (unpaired) electrons. The number of ether oxygens (including phenoxy) is 2. The van der Waals surface area contributed by atoms with Crippen molar-refractivity contribution < 1.29 is 14.6 Å². The van der Waals surface area contributed by atoms with E-state index < -0.39 is 6.10 Å². The highest BCUT2D eigenvalue weighted by Crippen LogP contribution is 2.24. The first-order valence-corrected chi connectivity index (χ1v) is 9.89. The number of aliphatic hydroxyl groups is 1. The van der Waals surface area contributed by atoms with E-state index in [4.69, 9.17) is 9.47 Å². The molecule has 2 aliphatic rings. The number of β-amino-alcohol motifs (C(OH)–C–C–N with tert-alkyl or cyclic N) is 1. The zero-order valence-electron chi connectivity index (χ0n) is 14.2. The Morgan fingerprint density at radius 3 is 2.71 bits per heavy atom. The SMILES string of the molecule is OC(COC1CCCCC1)CN1CCOC(c2ccc(Br)cc2)C1. The van der Waals surface area contributed by atoms with Crippen LogP contribution in [0, 0.1) is 0 Å². The van der Waals surface area contributed by atoms with Crippen LogP contribution in [0.1, 0.15) is 43.8 Å². The second kappa shape index (κ2) is 9.30. The first-order valence-electron chi connectivity index (χ1n) is 9.10. The molecule has 2 fully saturated rings. The van der Waals surface area contributed by atoms with Crippen molar-refractivity contribution in [1.29, 1.82) is 0 Å². The lowest BCUT2D eigenvalue weighted by Gasteiger charge is -2.34. The van der Waals surface area contributed by atoms with Crippen molar-refractivity contribution in [3.63, 3.8) is 0 Å². The molecule has 1 saturated carbocycles. The molecular formula is C19H28BrNO3. The lowest BCUT2D eigenvalue weighted by atomic mass is 9.98. The second-order valence-electron chi connectivity index (χ2n) is 6.92. The van der Waals surface area contributed by atoms with Crippen molar-refractivity contribution in [1.82, 2.24) is 4.90 Å². The van der Waals surface area contributed by atoms with Crippen LogP contribution in [0.5, 0.6) is 0 Å². The van der Waals surface area contributed by atoms with Gasteiger partial charge in [-0.05, 0) is 30.5 Å². The lowest BCUT2D eigenvalue weighted by molar-refractivity contribution is -0.0645. The lowest BCUT2D eigenvalue weighted by Crippen LogP contribution is -2.43. The van der Waals surface area contributed by atoms with Crippen molar-refractivity contribution in [3.05, 3.63) is 34.3 Å². The van der Waals surface area contributed by atoms with Crippen LogP contribution in [0.15, 0.2) is 28.7 Å². The third kappa shape index (κ3) is 5.53. The smallest absolute Gasteiger partial charge is 0.0952 e. The molecule has 2 unspecified atom stereocenters. The summed E-state index contributed by atoms with van der Waals surface area (Å²) < 4.78 is 12.9. The molecule has 1 aromatic rings. The van der Waals surface area contributed by atoms with Gasteiger partial charge in [-0.25, -0.2) is 0 Å². The first-order chi connectivity index (χ1) is 11.7. The van der Waals surface area contributed by atoms with Crippen molar-refractivity contribution in [3.8, 4) is 0 Å². The predicted octanol–water partition coefficient (Wildman–Crippen LogP) is 3.53. The number of hydrogen-bond acceptors (Lipinski definition) is 4. The number of nitrogens with zero attached hydrogens (tertiary/aromatic N) is 1. The highest BCUT2D eigenvalue weighted by Gasteiger charge is 2.24. The minimum absolute atomic E-state index is 0.0818. The number of aliphatic hydroxyl groups excluding tert-OH is 1. The molecule has 1 aromatic carbocycles. The van der Waals surface area contributed by atoms with Crippen LogP contribution in [-0.4, -0.2) is 55.1 Å². The molecule has 2 atom stereocenters. The number of morpholine rings is 1. The fourth-order valence-electron chi connectivity index (χ4n) is 3.58. The number of halogens is 1. The maximum Gasteiger partial charge on any atom is 0.0952 e. The molecule has 1 aliphatic heterocycles. The Morgan fingerprint density at radius 2 is 1.96 bits per heavy atom. The Bertz CT molecular complexity index is 490. The van der Waals surface area contributed by atoms with E-state index >= 15 is 0 Å². The molecule has 0 amide bonds. The van der Waals surface area contributed by atoms with Crippen LogP contribution >= 0.6 is 15.9 Å². The molecular weight excluding hydrogens is 370 g/mol. The van der Waals surface area contributed by atoms with E-state index in [1.165, 1.54) is 24.8 Å². The fraction of sp³-hybridized carbons (Fsp3) is 0.684. The van der Waals surface area contributed by atoms with E-state index in [1.807, 2.05) is 12.1 Å². The summed E-state index contributed by atoms with van der Waals surface area (Å²) in [7, 11) is 0. The quantitative estimate of drug-likeness (QED) is 0.796. The van der Waals surface area contributed by atoms with Crippen molar-refractivity contribution in [2.75, 3.05) is 32.8 Å². The Balaban J connectivity index is 1.43. The minimum Gasteiger partial charge on any atom is -0.389 e. The van der Waals surface area contributed by atoms with Crippen molar-refractivity contribution in [2.45, 2.75) is 50.4 Å². The van der Waals surface area contributed by atoms with E-state index in [0.717, 1.165) is 30.4 Å². The molecule has 5 heteroatoms. The summed E-state index contributed by atoms with van der Waals surface area (Å²) in [6.07, 6.45) is 6.17. The number of rotatable bonds is 6. The predicted molar refractivity (Wildman–Crippen MR) is 98.1 cm³/mol. The van der Waals surface area contributed by atoms with Gasteiger partial charge < -0.3 is 14.6 Å². The molecule has 24 heavy (non-hydrogen) atoms. The maximum atomic E-state index is 10.3. The van der Waals surface area contributed by atoms with Crippen LogP contribution in [0.25, 0.3) is 0 Å². The molecule has 1 aliphatic carbocycles. The van der Waals surface area contributed by atoms with Crippen LogP contribution in [0.2, 0.25) is 0 Å². The van der Waals surface area contributed by atoms with Gasteiger partial charge in [0, 0.05) is 24.1 Å². The largest absolute Gasteiger partial charge is 0.389 e. The third-order valence-electron chi connectivity index (χ3n) is 4.94. The van der Waals surface area contributed by atoms with Gasteiger partial charge in [0.05, 0.1) is 31.5 Å². The van der Waals surface area contributed by atoms with Crippen LogP contribution in [-0.2, 0) is 9.47 Å². The van der Waals surface area contributed by atoms with E-state index in [1.54, 1.807) is 0 Å². The van der Waals surface area contributed by atoms with Gasteiger partial charge in [-0.15, -0.1) is 0 Å². The molecule has 0 bridgehead atoms. The van der Waals surface area contributed by atoms with Gasteiger partial charge >= 0.3 is 0 Å². The van der Waals surface area contributed by atoms with E-state index in [-0.39, 0.29) is 6.10 Å². The van der Waals surface area contributed by atoms with Gasteiger partial charge in [0.15, 0.2) is 0 Å². The van der Waals surface area contributed by atoms with Gasteiger partial charge in [-0.1, -0.05) is 47.3 Å². The average Bonchev–Trinajstić information content (AvgIpc) is 2.62. The zero-order chi connectivity index (χ0) is 16.8. The molecule has 0 aromatic heterocycles. The van der Waals surface area contributed by atoms with Crippen molar-refractivity contribution >= 4 is 15.9 Å². The van der Waals surface area contributed by atoms with Gasteiger partial charge in [0.1, 0.15) is 0 Å². The van der Waals surface area contributed by atoms with Gasteiger partial charge in [0.25, 0.3) is 0 Å². The van der Waals surface area contributed by atoms with E-state index in [0.29, 0.717) is 25.9 Å². The summed E-state index contributed by atoms with van der Waals surface area (Å²) in [5, 5.41) is 10.3. The number of benzene rings is 1. The normalized spacial score (nSPS) is 24.8. The highest BCUT2D eigenvalue weighted by atomic mass is 79.9. The summed E-state index contributed by atoms with van der Waals surface area (Å²) >= 11 is 3.47. The molecule has 1 N–H and O–H groups in total. The molecule has 0 spiro atoms. The summed E-state index contributed by atoms with van der Waals surface area (Å²) in [4.78, 5) is 2.28. The fourth-order valence-corrected chi connectivity index (χ4v) is 3.84. The summed E-state index contributed by atoms with van der Waals surface area (Å²) in [6, 6.07) is 8.29. The van der Waals surface area contributed by atoms with Gasteiger partial charge in [0.2, 0.25) is 0 Å². The van der Waals surface area contributed by atoms with Crippen LogP contribution in [0.3, 0.4) is 0 Å².